The van der Waals surface area contributed by atoms with Crippen LogP contribution in [0.25, 0.3) is 0 Å². The van der Waals surface area contributed by atoms with Crippen molar-refractivity contribution in [3.05, 3.63) is 47.7 Å². The summed E-state index contributed by atoms with van der Waals surface area (Å²) in [5, 5.41) is 11.2. The molecule has 0 saturated carbocycles. The molecule has 2 heterocycles. The van der Waals surface area contributed by atoms with Gasteiger partial charge in [-0.25, -0.2) is 13.6 Å². The molecule has 134 valence electrons. The molecule has 2 aliphatic heterocycles. The lowest BCUT2D eigenvalue weighted by atomic mass is 9.96. The van der Waals surface area contributed by atoms with Crippen molar-refractivity contribution in [3.8, 4) is 0 Å². The van der Waals surface area contributed by atoms with Crippen molar-refractivity contribution in [1.82, 2.24) is 10.2 Å². The highest BCUT2D eigenvalue weighted by molar-refractivity contribution is 6.07. The smallest absolute Gasteiger partial charge is 0.325 e. The standard InChI is InChI=1S/C16H17F2N3O4/c17-10-3-1-9(2-4-10)14(23)16(19)12(18)7-21(15(24)20-16)13-6-5-11(8-22)25-13/h1-4,7,11,13,22H,5-6,8,19H2,(H,20,24)/t11-,13+,16?/m0/s1. The van der Waals surface area contributed by atoms with Gasteiger partial charge in [-0.15, -0.1) is 0 Å². The van der Waals surface area contributed by atoms with Crippen LogP contribution in [0.5, 0.6) is 0 Å². The lowest BCUT2D eigenvalue weighted by Gasteiger charge is -2.37. The highest BCUT2D eigenvalue weighted by atomic mass is 19.1. The third-order valence-electron chi connectivity index (χ3n) is 4.23. The maximum Gasteiger partial charge on any atom is 0.325 e. The van der Waals surface area contributed by atoms with Crippen LogP contribution in [0.3, 0.4) is 0 Å². The Morgan fingerprint density at radius 1 is 1.36 bits per heavy atom. The van der Waals surface area contributed by atoms with E-state index in [1.54, 1.807) is 0 Å². The summed E-state index contributed by atoms with van der Waals surface area (Å²) in [6.45, 7) is -0.206. The Morgan fingerprint density at radius 2 is 2.04 bits per heavy atom. The molecule has 0 bridgehead atoms. The molecule has 7 nitrogen and oxygen atoms in total. The van der Waals surface area contributed by atoms with Crippen molar-refractivity contribution in [1.29, 1.82) is 0 Å². The van der Waals surface area contributed by atoms with Crippen molar-refractivity contribution >= 4 is 11.8 Å². The number of Topliss-reactive ketones (excluding diaryl/α,β-unsaturated/α-hetero) is 1. The summed E-state index contributed by atoms with van der Waals surface area (Å²) in [4.78, 5) is 25.8. The molecule has 0 spiro atoms. The van der Waals surface area contributed by atoms with Crippen molar-refractivity contribution in [2.24, 2.45) is 5.73 Å². The number of ketones is 1. The highest BCUT2D eigenvalue weighted by Gasteiger charge is 2.47. The molecular formula is C16H17F2N3O4. The third-order valence-corrected chi connectivity index (χ3v) is 4.23. The highest BCUT2D eigenvalue weighted by Crippen LogP contribution is 2.29. The number of halogens is 2. The predicted molar refractivity (Wildman–Crippen MR) is 82.2 cm³/mol. The normalized spacial score (nSPS) is 29.4. The second-order valence-electron chi connectivity index (χ2n) is 5.93. The summed E-state index contributed by atoms with van der Waals surface area (Å²) < 4.78 is 33.0. The van der Waals surface area contributed by atoms with Crippen LogP contribution in [0.15, 0.2) is 36.3 Å². The Bertz CT molecular complexity index is 725. The quantitative estimate of drug-likeness (QED) is 0.701. The Morgan fingerprint density at radius 3 is 2.64 bits per heavy atom. The lowest BCUT2D eigenvalue weighted by Crippen LogP contribution is -2.67. The zero-order chi connectivity index (χ0) is 18.2. The minimum Gasteiger partial charge on any atom is -0.394 e. The van der Waals surface area contributed by atoms with E-state index >= 15 is 0 Å². The number of amides is 2. The first-order chi connectivity index (χ1) is 11.8. The van der Waals surface area contributed by atoms with Gasteiger partial charge in [0.15, 0.2) is 5.83 Å². The first-order valence-corrected chi connectivity index (χ1v) is 7.69. The van der Waals surface area contributed by atoms with Gasteiger partial charge in [0, 0.05) is 11.8 Å². The van der Waals surface area contributed by atoms with Crippen LogP contribution in [0.4, 0.5) is 13.6 Å². The zero-order valence-electron chi connectivity index (χ0n) is 13.1. The maximum atomic E-state index is 14.6. The molecule has 2 aliphatic rings. The fourth-order valence-corrected chi connectivity index (χ4v) is 2.81. The van der Waals surface area contributed by atoms with Crippen LogP contribution >= 0.6 is 0 Å². The molecule has 3 rings (SSSR count). The van der Waals surface area contributed by atoms with E-state index in [0.717, 1.165) is 35.4 Å². The van der Waals surface area contributed by atoms with Gasteiger partial charge in [-0.2, -0.15) is 0 Å². The van der Waals surface area contributed by atoms with E-state index < -0.39 is 41.5 Å². The number of hydrogen-bond acceptors (Lipinski definition) is 5. The van der Waals surface area contributed by atoms with Gasteiger partial charge in [0.05, 0.1) is 12.7 Å². The van der Waals surface area contributed by atoms with Gasteiger partial charge in [0.2, 0.25) is 11.4 Å². The molecule has 25 heavy (non-hydrogen) atoms. The number of carbonyl (C=O) groups excluding carboxylic acids is 2. The number of benzene rings is 1. The first-order valence-electron chi connectivity index (χ1n) is 7.69. The van der Waals surface area contributed by atoms with E-state index in [4.69, 9.17) is 15.6 Å². The Hall–Kier alpha value is -2.36. The van der Waals surface area contributed by atoms with Gasteiger partial charge >= 0.3 is 6.03 Å². The molecular weight excluding hydrogens is 336 g/mol. The average molecular weight is 353 g/mol. The van der Waals surface area contributed by atoms with Crippen molar-refractivity contribution in [3.63, 3.8) is 0 Å². The third kappa shape index (κ3) is 3.13. The zero-order valence-corrected chi connectivity index (χ0v) is 13.1. The number of aliphatic hydroxyl groups is 1. The summed E-state index contributed by atoms with van der Waals surface area (Å²) in [6.07, 6.45) is 0.562. The number of nitrogens with zero attached hydrogens (tertiary/aromatic N) is 1. The molecule has 3 atom stereocenters. The van der Waals surface area contributed by atoms with Gasteiger partial charge in [0.25, 0.3) is 0 Å². The minimum atomic E-state index is -2.37. The number of hydrogen-bond donors (Lipinski definition) is 3. The molecule has 4 N–H and O–H groups in total. The molecule has 1 unspecified atom stereocenters. The van der Waals surface area contributed by atoms with E-state index in [9.17, 15) is 18.4 Å². The molecule has 2 amide bonds. The van der Waals surface area contributed by atoms with Gasteiger partial charge in [0.1, 0.15) is 12.0 Å². The van der Waals surface area contributed by atoms with E-state index in [2.05, 4.69) is 5.32 Å². The lowest BCUT2D eigenvalue weighted by molar-refractivity contribution is -0.0394. The number of carbonyl (C=O) groups is 2. The van der Waals surface area contributed by atoms with Crippen molar-refractivity contribution in [2.75, 3.05) is 6.61 Å². The predicted octanol–water partition coefficient (Wildman–Crippen LogP) is 0.997. The molecule has 1 aromatic carbocycles. The van der Waals surface area contributed by atoms with E-state index in [1.165, 1.54) is 0 Å². The van der Waals surface area contributed by atoms with E-state index in [-0.39, 0.29) is 12.2 Å². The Kier molecular flexibility index (Phi) is 4.55. The monoisotopic (exact) mass is 353 g/mol. The summed E-state index contributed by atoms with van der Waals surface area (Å²) in [5.41, 5.74) is 3.38. The molecule has 0 aromatic heterocycles. The van der Waals surface area contributed by atoms with Crippen LogP contribution in [0.2, 0.25) is 0 Å². The second kappa shape index (κ2) is 6.51. The number of rotatable bonds is 4. The molecule has 0 aliphatic carbocycles. The summed E-state index contributed by atoms with van der Waals surface area (Å²) in [6, 6.07) is 3.59. The van der Waals surface area contributed by atoms with Gasteiger partial charge in [-0.05, 0) is 37.1 Å². The van der Waals surface area contributed by atoms with E-state index in [1.807, 2.05) is 0 Å². The number of aliphatic hydroxyl groups excluding tert-OH is 1. The van der Waals surface area contributed by atoms with Crippen LogP contribution in [-0.2, 0) is 4.74 Å². The van der Waals surface area contributed by atoms with Crippen LogP contribution in [-0.4, -0.2) is 46.4 Å². The molecule has 1 aromatic rings. The van der Waals surface area contributed by atoms with Crippen LogP contribution in [0, 0.1) is 5.82 Å². The summed E-state index contributed by atoms with van der Waals surface area (Å²) >= 11 is 0. The number of nitrogens with two attached hydrogens (primary N) is 1. The van der Waals surface area contributed by atoms with Crippen LogP contribution in [0.1, 0.15) is 23.2 Å². The molecule has 9 heteroatoms. The largest absolute Gasteiger partial charge is 0.394 e. The number of urea groups is 1. The minimum absolute atomic E-state index is 0.0429. The second-order valence-corrected chi connectivity index (χ2v) is 5.93. The van der Waals surface area contributed by atoms with Crippen molar-refractivity contribution < 1.29 is 28.2 Å². The fourth-order valence-electron chi connectivity index (χ4n) is 2.81. The SMILES string of the molecule is NC1(C(=O)c2ccc(F)cc2)NC(=O)N([C@H]2CC[C@@H](CO)O2)C=C1F. The molecule has 1 fully saturated rings. The van der Waals surface area contributed by atoms with Gasteiger partial charge < -0.3 is 15.2 Å². The number of nitrogens with one attached hydrogen (secondary N) is 1. The van der Waals surface area contributed by atoms with Crippen molar-refractivity contribution in [2.45, 2.75) is 30.8 Å². The summed E-state index contributed by atoms with van der Waals surface area (Å²) in [7, 11) is 0. The topological polar surface area (TPSA) is 105 Å². The van der Waals surface area contributed by atoms with E-state index in [0.29, 0.717) is 12.8 Å². The molecule has 0 radical (unpaired) electrons. The van der Waals surface area contributed by atoms with Crippen LogP contribution < -0.4 is 11.1 Å². The average Bonchev–Trinajstić information content (AvgIpc) is 3.07. The number of ether oxygens (including phenoxy) is 1. The van der Waals surface area contributed by atoms with Gasteiger partial charge in [-0.3, -0.25) is 15.4 Å². The summed E-state index contributed by atoms with van der Waals surface area (Å²) in [5.74, 6) is -2.54. The fraction of sp³-hybridized carbons (Fsp3) is 0.375. The van der Waals surface area contributed by atoms with Gasteiger partial charge in [-0.1, -0.05) is 0 Å². The maximum absolute atomic E-state index is 14.6. The Labute approximate surface area is 142 Å². The molecule has 1 saturated heterocycles. The first kappa shape index (κ1) is 17.5. The Balaban J connectivity index is 1.84.